The van der Waals surface area contributed by atoms with E-state index in [4.69, 9.17) is 5.73 Å². The molecule has 0 bridgehead atoms. The second kappa shape index (κ2) is 7.78. The minimum atomic E-state index is -0.701. The number of amides is 2. The van der Waals surface area contributed by atoms with Crippen molar-refractivity contribution in [3.05, 3.63) is 60.2 Å². The molecule has 28 heavy (non-hydrogen) atoms. The van der Waals surface area contributed by atoms with Crippen LogP contribution in [0.3, 0.4) is 0 Å². The lowest BCUT2D eigenvalue weighted by molar-refractivity contribution is -0.146. The number of nitrogens with two attached hydrogens (primary N) is 1. The van der Waals surface area contributed by atoms with Gasteiger partial charge in [0.05, 0.1) is 5.41 Å². The number of nitrogens with zero attached hydrogens (tertiary/aromatic N) is 1. The van der Waals surface area contributed by atoms with E-state index in [1.54, 1.807) is 0 Å². The molecule has 1 saturated heterocycles. The molecule has 1 aliphatic heterocycles. The molecule has 4 nitrogen and oxygen atoms in total. The molecule has 2 N–H and O–H groups in total. The lowest BCUT2D eigenvalue weighted by atomic mass is 9.74. The highest BCUT2D eigenvalue weighted by Crippen LogP contribution is 2.35. The Balaban J connectivity index is 1.81. The summed E-state index contributed by atoms with van der Waals surface area (Å²) in [5.41, 5.74) is 8.09. The van der Waals surface area contributed by atoms with E-state index < -0.39 is 10.8 Å². The van der Waals surface area contributed by atoms with Crippen molar-refractivity contribution in [1.82, 2.24) is 4.90 Å². The maximum absolute atomic E-state index is 12.8. The lowest BCUT2D eigenvalue weighted by Crippen LogP contribution is -2.55. The molecule has 1 atom stereocenters. The van der Waals surface area contributed by atoms with Crippen LogP contribution < -0.4 is 5.73 Å². The Hall–Kier alpha value is -2.62. The van der Waals surface area contributed by atoms with Gasteiger partial charge in [-0.2, -0.15) is 0 Å². The van der Waals surface area contributed by atoms with E-state index in [9.17, 15) is 9.59 Å². The van der Waals surface area contributed by atoms with Crippen LogP contribution >= 0.6 is 0 Å². The van der Waals surface area contributed by atoms with E-state index in [-0.39, 0.29) is 11.8 Å². The van der Waals surface area contributed by atoms with E-state index in [0.29, 0.717) is 19.5 Å². The van der Waals surface area contributed by atoms with E-state index in [2.05, 4.69) is 36.4 Å². The van der Waals surface area contributed by atoms with Crippen molar-refractivity contribution >= 4 is 11.8 Å². The molecule has 2 aromatic carbocycles. The Kier molecular flexibility index (Phi) is 5.59. The number of hydrogen-bond acceptors (Lipinski definition) is 2. The van der Waals surface area contributed by atoms with Crippen molar-refractivity contribution in [1.29, 1.82) is 0 Å². The quantitative estimate of drug-likeness (QED) is 0.873. The number of benzene rings is 2. The van der Waals surface area contributed by atoms with Crippen LogP contribution in [0.15, 0.2) is 54.6 Å². The lowest BCUT2D eigenvalue weighted by Gasteiger charge is -2.42. The monoisotopic (exact) mass is 378 g/mol. The minimum absolute atomic E-state index is 0.0808. The summed E-state index contributed by atoms with van der Waals surface area (Å²) >= 11 is 0. The average molecular weight is 379 g/mol. The fourth-order valence-corrected chi connectivity index (χ4v) is 4.05. The van der Waals surface area contributed by atoms with Crippen LogP contribution in [0, 0.1) is 10.8 Å². The van der Waals surface area contributed by atoms with E-state index >= 15 is 0 Å². The van der Waals surface area contributed by atoms with Gasteiger partial charge in [-0.15, -0.1) is 0 Å². The maximum Gasteiger partial charge on any atom is 0.227 e. The topological polar surface area (TPSA) is 63.4 Å². The second-order valence-corrected chi connectivity index (χ2v) is 8.96. The first-order chi connectivity index (χ1) is 13.2. The molecule has 1 aliphatic rings. The van der Waals surface area contributed by atoms with Crippen molar-refractivity contribution in [2.75, 3.05) is 13.1 Å². The molecule has 4 heteroatoms. The molecule has 0 aromatic heterocycles. The molecular formula is C24H30N2O2. The van der Waals surface area contributed by atoms with Gasteiger partial charge in [-0.3, -0.25) is 9.59 Å². The molecule has 2 amide bonds. The number of carbonyl (C=O) groups is 2. The molecule has 0 spiro atoms. The normalized spacial score (nSPS) is 20.0. The molecule has 0 unspecified atom stereocenters. The molecule has 1 fully saturated rings. The summed E-state index contributed by atoms with van der Waals surface area (Å²) in [6.07, 6.45) is 2.08. The second-order valence-electron chi connectivity index (χ2n) is 8.96. The van der Waals surface area contributed by atoms with Gasteiger partial charge >= 0.3 is 0 Å². The smallest absolute Gasteiger partial charge is 0.227 e. The first kappa shape index (κ1) is 20.1. The fourth-order valence-electron chi connectivity index (χ4n) is 4.05. The third-order valence-corrected chi connectivity index (χ3v) is 5.63. The number of piperidine rings is 1. The first-order valence-electron chi connectivity index (χ1n) is 9.95. The van der Waals surface area contributed by atoms with Gasteiger partial charge in [-0.25, -0.2) is 0 Å². The van der Waals surface area contributed by atoms with Gasteiger partial charge in [0.25, 0.3) is 0 Å². The highest BCUT2D eigenvalue weighted by molar-refractivity contribution is 5.85. The number of carbonyl (C=O) groups excluding carboxylic acids is 2. The summed E-state index contributed by atoms with van der Waals surface area (Å²) in [6.45, 7) is 6.84. The van der Waals surface area contributed by atoms with Crippen LogP contribution in [0.1, 0.15) is 39.2 Å². The zero-order valence-corrected chi connectivity index (χ0v) is 17.1. The Morgan fingerprint density at radius 3 is 2.18 bits per heavy atom. The summed E-state index contributed by atoms with van der Waals surface area (Å²) in [6, 6.07) is 18.5. The Morgan fingerprint density at radius 2 is 1.61 bits per heavy atom. The average Bonchev–Trinajstić information content (AvgIpc) is 2.68. The van der Waals surface area contributed by atoms with Gasteiger partial charge in [-0.05, 0) is 36.0 Å². The van der Waals surface area contributed by atoms with E-state index in [0.717, 1.165) is 24.0 Å². The van der Waals surface area contributed by atoms with Gasteiger partial charge < -0.3 is 10.6 Å². The van der Waals surface area contributed by atoms with Gasteiger partial charge in [0.1, 0.15) is 0 Å². The van der Waals surface area contributed by atoms with E-state index in [1.807, 2.05) is 43.9 Å². The minimum Gasteiger partial charge on any atom is -0.369 e. The van der Waals surface area contributed by atoms with Gasteiger partial charge in [-0.1, -0.05) is 75.4 Å². The standard InChI is InChI=1S/C24H30N2O2/c1-23(2,3)22(28)26-15-7-14-24(17-26,21(25)27)16-18-10-12-20(13-11-18)19-8-5-4-6-9-19/h4-6,8-13H,7,14-17H2,1-3H3,(H2,25,27)/t24-/m0/s1. The molecule has 1 heterocycles. The molecule has 2 aromatic rings. The van der Waals surface area contributed by atoms with Crippen LogP contribution in [-0.4, -0.2) is 29.8 Å². The molecule has 0 aliphatic carbocycles. The largest absolute Gasteiger partial charge is 0.369 e. The van der Waals surface area contributed by atoms with Gasteiger partial charge in [0.15, 0.2) is 0 Å². The summed E-state index contributed by atoms with van der Waals surface area (Å²) in [5.74, 6) is -0.233. The SMILES string of the molecule is CC(C)(C)C(=O)N1CCC[C@@](Cc2ccc(-c3ccccc3)cc2)(C(N)=O)C1. The maximum atomic E-state index is 12.8. The summed E-state index contributed by atoms with van der Waals surface area (Å²) in [4.78, 5) is 27.1. The van der Waals surface area contributed by atoms with Crippen LogP contribution in [0.5, 0.6) is 0 Å². The van der Waals surface area contributed by atoms with Crippen molar-refractivity contribution < 1.29 is 9.59 Å². The predicted octanol–water partition coefficient (Wildman–Crippen LogP) is 4.04. The molecule has 0 saturated carbocycles. The third kappa shape index (κ3) is 4.27. The number of hydrogen-bond donors (Lipinski definition) is 1. The number of rotatable bonds is 4. The molecular weight excluding hydrogens is 348 g/mol. The Bertz CT molecular complexity index is 837. The van der Waals surface area contributed by atoms with Crippen LogP contribution in [0.2, 0.25) is 0 Å². The Labute approximate surface area is 167 Å². The Morgan fingerprint density at radius 1 is 1.00 bits per heavy atom. The van der Waals surface area contributed by atoms with Crippen LogP contribution in [-0.2, 0) is 16.0 Å². The van der Waals surface area contributed by atoms with Crippen molar-refractivity contribution in [2.24, 2.45) is 16.6 Å². The number of primary amides is 1. The highest BCUT2D eigenvalue weighted by atomic mass is 16.2. The zero-order chi connectivity index (χ0) is 20.4. The summed E-state index contributed by atoms with van der Waals surface area (Å²) in [7, 11) is 0. The molecule has 148 valence electrons. The van der Waals surface area contributed by atoms with Crippen molar-refractivity contribution in [3.63, 3.8) is 0 Å². The van der Waals surface area contributed by atoms with Crippen molar-refractivity contribution in [3.8, 4) is 11.1 Å². The fraction of sp³-hybridized carbons (Fsp3) is 0.417. The highest BCUT2D eigenvalue weighted by Gasteiger charge is 2.43. The zero-order valence-electron chi connectivity index (χ0n) is 17.1. The summed E-state index contributed by atoms with van der Waals surface area (Å²) < 4.78 is 0. The van der Waals surface area contributed by atoms with Crippen molar-refractivity contribution in [2.45, 2.75) is 40.0 Å². The first-order valence-corrected chi connectivity index (χ1v) is 9.95. The van der Waals surface area contributed by atoms with E-state index in [1.165, 1.54) is 5.56 Å². The van der Waals surface area contributed by atoms with Gasteiger partial charge in [0, 0.05) is 18.5 Å². The molecule has 0 radical (unpaired) electrons. The summed E-state index contributed by atoms with van der Waals surface area (Å²) in [5, 5.41) is 0. The van der Waals surface area contributed by atoms with Crippen LogP contribution in [0.4, 0.5) is 0 Å². The van der Waals surface area contributed by atoms with Gasteiger partial charge in [0.2, 0.25) is 11.8 Å². The number of likely N-dealkylation sites (tertiary alicyclic amines) is 1. The molecule has 3 rings (SSSR count). The van der Waals surface area contributed by atoms with Crippen LogP contribution in [0.25, 0.3) is 11.1 Å². The third-order valence-electron chi connectivity index (χ3n) is 5.63. The predicted molar refractivity (Wildman–Crippen MR) is 112 cm³/mol.